The van der Waals surface area contributed by atoms with Crippen molar-refractivity contribution in [1.82, 2.24) is 10.2 Å². The summed E-state index contributed by atoms with van der Waals surface area (Å²) in [5.74, 6) is 0.809. The Hall–Kier alpha value is -1.10. The van der Waals surface area contributed by atoms with Gasteiger partial charge in [-0.15, -0.1) is 0 Å². The van der Waals surface area contributed by atoms with E-state index in [2.05, 4.69) is 19.2 Å². The highest BCUT2D eigenvalue weighted by Gasteiger charge is 2.23. The number of nitrogens with zero attached hydrogens (tertiary/aromatic N) is 1. The molecule has 0 bridgehead atoms. The molecule has 1 rings (SSSR count). The molecule has 1 aliphatic rings. The molecule has 0 aromatic carbocycles. The lowest BCUT2D eigenvalue weighted by Gasteiger charge is -2.33. The van der Waals surface area contributed by atoms with Crippen LogP contribution < -0.4 is 11.1 Å². The first-order chi connectivity index (χ1) is 10.5. The van der Waals surface area contributed by atoms with Crippen molar-refractivity contribution >= 4 is 11.8 Å². The highest BCUT2D eigenvalue weighted by molar-refractivity contribution is 5.77. The topological polar surface area (TPSA) is 75.4 Å². The van der Waals surface area contributed by atoms with Crippen molar-refractivity contribution < 1.29 is 9.59 Å². The standard InChI is InChI=1S/C17H33N3O2/c1-14(2)13-17(22)20-11-8-15(9-12-20)19-16(21)7-5-3-4-6-10-18/h14-15H,3-13,18H2,1-2H3,(H,19,21). The van der Waals surface area contributed by atoms with Crippen LogP contribution in [0.15, 0.2) is 0 Å². The third-order valence-electron chi connectivity index (χ3n) is 4.15. The van der Waals surface area contributed by atoms with E-state index in [1.807, 2.05) is 4.90 Å². The number of hydrogen-bond acceptors (Lipinski definition) is 3. The molecule has 0 atom stereocenters. The van der Waals surface area contributed by atoms with E-state index < -0.39 is 0 Å². The molecular weight excluding hydrogens is 278 g/mol. The second kappa shape index (κ2) is 10.6. The summed E-state index contributed by atoms with van der Waals surface area (Å²) < 4.78 is 0. The second-order valence-electron chi connectivity index (χ2n) is 6.77. The monoisotopic (exact) mass is 311 g/mol. The highest BCUT2D eigenvalue weighted by Crippen LogP contribution is 2.14. The first-order valence-corrected chi connectivity index (χ1v) is 8.80. The molecule has 22 heavy (non-hydrogen) atoms. The molecule has 3 N–H and O–H groups in total. The molecule has 0 aliphatic carbocycles. The van der Waals surface area contributed by atoms with E-state index in [-0.39, 0.29) is 17.9 Å². The van der Waals surface area contributed by atoms with Gasteiger partial charge in [-0.1, -0.05) is 26.7 Å². The van der Waals surface area contributed by atoms with Crippen LogP contribution in [0.25, 0.3) is 0 Å². The van der Waals surface area contributed by atoms with Crippen molar-refractivity contribution in [2.45, 2.75) is 71.3 Å². The Morgan fingerprint density at radius 1 is 1.14 bits per heavy atom. The molecule has 2 amide bonds. The lowest BCUT2D eigenvalue weighted by atomic mass is 10.0. The fraction of sp³-hybridized carbons (Fsp3) is 0.882. The van der Waals surface area contributed by atoms with Crippen molar-refractivity contribution in [1.29, 1.82) is 0 Å². The first kappa shape index (κ1) is 18.9. The second-order valence-corrected chi connectivity index (χ2v) is 6.77. The van der Waals surface area contributed by atoms with Crippen LogP contribution in [0.3, 0.4) is 0 Å². The van der Waals surface area contributed by atoms with Crippen LogP contribution in [-0.4, -0.2) is 42.4 Å². The number of piperidine rings is 1. The molecule has 128 valence electrons. The van der Waals surface area contributed by atoms with Gasteiger partial charge in [0, 0.05) is 32.0 Å². The van der Waals surface area contributed by atoms with Crippen LogP contribution in [-0.2, 0) is 9.59 Å². The van der Waals surface area contributed by atoms with E-state index in [0.717, 1.165) is 58.2 Å². The normalized spacial score (nSPS) is 16.1. The van der Waals surface area contributed by atoms with Crippen LogP contribution in [0.1, 0.15) is 65.2 Å². The lowest BCUT2D eigenvalue weighted by Crippen LogP contribution is -2.46. The molecule has 0 spiro atoms. The van der Waals surface area contributed by atoms with Crippen molar-refractivity contribution in [3.63, 3.8) is 0 Å². The van der Waals surface area contributed by atoms with Crippen molar-refractivity contribution in [2.75, 3.05) is 19.6 Å². The molecule has 0 radical (unpaired) electrons. The Balaban J connectivity index is 2.14. The van der Waals surface area contributed by atoms with Gasteiger partial charge in [-0.05, 0) is 38.1 Å². The summed E-state index contributed by atoms with van der Waals surface area (Å²) in [6, 6.07) is 0.236. The summed E-state index contributed by atoms with van der Waals surface area (Å²) in [6.07, 6.45) is 7.16. The van der Waals surface area contributed by atoms with Crippen molar-refractivity contribution in [3.05, 3.63) is 0 Å². The molecule has 5 nitrogen and oxygen atoms in total. The van der Waals surface area contributed by atoms with Crippen LogP contribution >= 0.6 is 0 Å². The van der Waals surface area contributed by atoms with E-state index >= 15 is 0 Å². The van der Waals surface area contributed by atoms with Crippen LogP contribution in [0, 0.1) is 5.92 Å². The number of amides is 2. The Kier molecular flexibility index (Phi) is 9.13. The number of hydrogen-bond donors (Lipinski definition) is 2. The smallest absolute Gasteiger partial charge is 0.222 e. The van der Waals surface area contributed by atoms with E-state index in [4.69, 9.17) is 5.73 Å². The lowest BCUT2D eigenvalue weighted by molar-refractivity contribution is -0.133. The van der Waals surface area contributed by atoms with Gasteiger partial charge in [0.15, 0.2) is 0 Å². The summed E-state index contributed by atoms with van der Waals surface area (Å²) >= 11 is 0. The predicted molar refractivity (Wildman–Crippen MR) is 89.3 cm³/mol. The molecule has 0 aromatic heterocycles. The maximum atomic E-state index is 12.0. The van der Waals surface area contributed by atoms with Gasteiger partial charge in [-0.25, -0.2) is 0 Å². The van der Waals surface area contributed by atoms with E-state index in [9.17, 15) is 9.59 Å². The largest absolute Gasteiger partial charge is 0.353 e. The molecule has 1 heterocycles. The van der Waals surface area contributed by atoms with Gasteiger partial charge >= 0.3 is 0 Å². The number of unbranched alkanes of at least 4 members (excludes halogenated alkanes) is 3. The number of nitrogens with two attached hydrogens (primary N) is 1. The number of carbonyl (C=O) groups is 2. The maximum Gasteiger partial charge on any atom is 0.222 e. The average Bonchev–Trinajstić information content (AvgIpc) is 2.47. The van der Waals surface area contributed by atoms with E-state index in [1.54, 1.807) is 0 Å². The summed E-state index contributed by atoms with van der Waals surface area (Å²) in [7, 11) is 0. The van der Waals surface area contributed by atoms with E-state index in [1.165, 1.54) is 0 Å². The minimum Gasteiger partial charge on any atom is -0.353 e. The molecular formula is C17H33N3O2. The number of likely N-dealkylation sites (tertiary alicyclic amines) is 1. The fourth-order valence-corrected chi connectivity index (χ4v) is 2.83. The summed E-state index contributed by atoms with van der Waals surface area (Å²) in [5, 5.41) is 3.11. The summed E-state index contributed by atoms with van der Waals surface area (Å²) in [5.41, 5.74) is 5.45. The summed E-state index contributed by atoms with van der Waals surface area (Å²) in [4.78, 5) is 25.8. The SMILES string of the molecule is CC(C)CC(=O)N1CCC(NC(=O)CCCCCCN)CC1. The zero-order chi connectivity index (χ0) is 16.4. The fourth-order valence-electron chi connectivity index (χ4n) is 2.83. The third-order valence-corrected chi connectivity index (χ3v) is 4.15. The number of nitrogens with one attached hydrogen (secondary N) is 1. The molecule has 0 aromatic rings. The van der Waals surface area contributed by atoms with Crippen molar-refractivity contribution in [3.8, 4) is 0 Å². The Morgan fingerprint density at radius 2 is 1.77 bits per heavy atom. The Labute approximate surface area is 135 Å². The molecule has 0 saturated carbocycles. The van der Waals surface area contributed by atoms with Crippen LogP contribution in [0.4, 0.5) is 0 Å². The van der Waals surface area contributed by atoms with Gasteiger partial charge in [0.2, 0.25) is 11.8 Å². The van der Waals surface area contributed by atoms with Crippen molar-refractivity contribution in [2.24, 2.45) is 11.7 Å². The number of rotatable bonds is 9. The van der Waals surface area contributed by atoms with E-state index in [0.29, 0.717) is 18.8 Å². The highest BCUT2D eigenvalue weighted by atomic mass is 16.2. The molecule has 1 fully saturated rings. The zero-order valence-corrected chi connectivity index (χ0v) is 14.3. The zero-order valence-electron chi connectivity index (χ0n) is 14.3. The van der Waals surface area contributed by atoms with Gasteiger partial charge in [0.1, 0.15) is 0 Å². The summed E-state index contributed by atoms with van der Waals surface area (Å²) in [6.45, 7) is 6.41. The van der Waals surface area contributed by atoms with Gasteiger partial charge in [0.05, 0.1) is 0 Å². The Bertz CT molecular complexity index is 337. The Morgan fingerprint density at radius 3 is 2.36 bits per heavy atom. The predicted octanol–water partition coefficient (Wildman–Crippen LogP) is 2.05. The van der Waals surface area contributed by atoms with Crippen LogP contribution in [0.5, 0.6) is 0 Å². The molecule has 5 heteroatoms. The quantitative estimate of drug-likeness (QED) is 0.640. The van der Waals surface area contributed by atoms with Gasteiger partial charge < -0.3 is 16.0 Å². The maximum absolute atomic E-state index is 12.0. The first-order valence-electron chi connectivity index (χ1n) is 8.80. The van der Waals surface area contributed by atoms with Crippen LogP contribution in [0.2, 0.25) is 0 Å². The van der Waals surface area contributed by atoms with Gasteiger partial charge in [-0.3, -0.25) is 9.59 Å². The third kappa shape index (κ3) is 7.78. The molecule has 1 aliphatic heterocycles. The minimum absolute atomic E-state index is 0.153. The molecule has 1 saturated heterocycles. The average molecular weight is 311 g/mol. The van der Waals surface area contributed by atoms with Gasteiger partial charge in [0.25, 0.3) is 0 Å². The van der Waals surface area contributed by atoms with Gasteiger partial charge in [-0.2, -0.15) is 0 Å². The molecule has 0 unspecified atom stereocenters. The minimum atomic E-state index is 0.153. The number of carbonyl (C=O) groups excluding carboxylic acids is 2.